The standard InChI is InChI=1S/C15H20F3NO2/c1-3-10(7-8-14(2,19)13(20)21)11-5-4-6-12(9-11)15(16,17)18/h4-6,9-10H,3,7-8,19H2,1-2H3,(H,20,21). The number of carboxylic acids is 1. The summed E-state index contributed by atoms with van der Waals surface area (Å²) in [6.07, 6.45) is -3.12. The molecule has 0 aromatic heterocycles. The van der Waals surface area contributed by atoms with E-state index in [4.69, 9.17) is 10.8 Å². The lowest BCUT2D eigenvalue weighted by molar-refractivity contribution is -0.143. The van der Waals surface area contributed by atoms with Gasteiger partial charge >= 0.3 is 12.1 Å². The highest BCUT2D eigenvalue weighted by Gasteiger charge is 2.32. The van der Waals surface area contributed by atoms with Gasteiger partial charge in [-0.3, -0.25) is 4.79 Å². The van der Waals surface area contributed by atoms with Gasteiger partial charge in [0.05, 0.1) is 5.56 Å². The summed E-state index contributed by atoms with van der Waals surface area (Å²) in [5, 5.41) is 8.97. The van der Waals surface area contributed by atoms with Crippen LogP contribution in [0.5, 0.6) is 0 Å². The number of alkyl halides is 3. The van der Waals surface area contributed by atoms with Crippen LogP contribution in [0.15, 0.2) is 24.3 Å². The fourth-order valence-electron chi connectivity index (χ4n) is 2.16. The smallest absolute Gasteiger partial charge is 0.416 e. The van der Waals surface area contributed by atoms with Crippen LogP contribution in [0.2, 0.25) is 0 Å². The lowest BCUT2D eigenvalue weighted by Gasteiger charge is -2.23. The number of benzene rings is 1. The van der Waals surface area contributed by atoms with Crippen LogP contribution < -0.4 is 5.73 Å². The SMILES string of the molecule is CCC(CCC(C)(N)C(=O)O)c1cccc(C(F)(F)F)c1. The largest absolute Gasteiger partial charge is 0.480 e. The normalized spacial score (nSPS) is 16.3. The highest BCUT2D eigenvalue weighted by Crippen LogP contribution is 2.33. The molecule has 0 aliphatic heterocycles. The predicted octanol–water partition coefficient (Wildman–Crippen LogP) is 3.78. The average Bonchev–Trinajstić information content (AvgIpc) is 2.38. The van der Waals surface area contributed by atoms with Crippen LogP contribution in [0.4, 0.5) is 13.2 Å². The van der Waals surface area contributed by atoms with E-state index in [1.165, 1.54) is 13.0 Å². The van der Waals surface area contributed by atoms with Crippen molar-refractivity contribution in [3.05, 3.63) is 35.4 Å². The van der Waals surface area contributed by atoms with E-state index < -0.39 is 23.2 Å². The van der Waals surface area contributed by atoms with Crippen LogP contribution in [0.1, 0.15) is 50.2 Å². The van der Waals surface area contributed by atoms with Crippen molar-refractivity contribution in [2.45, 2.75) is 50.7 Å². The van der Waals surface area contributed by atoms with Gasteiger partial charge in [0.15, 0.2) is 0 Å². The second-order valence-corrected chi connectivity index (χ2v) is 5.49. The molecular weight excluding hydrogens is 283 g/mol. The van der Waals surface area contributed by atoms with E-state index >= 15 is 0 Å². The van der Waals surface area contributed by atoms with Gasteiger partial charge < -0.3 is 10.8 Å². The molecule has 0 aliphatic carbocycles. The molecule has 0 aliphatic rings. The molecule has 1 aromatic rings. The Kier molecular flexibility index (Phi) is 5.39. The van der Waals surface area contributed by atoms with E-state index in [0.29, 0.717) is 18.4 Å². The molecule has 3 N–H and O–H groups in total. The fourth-order valence-corrected chi connectivity index (χ4v) is 2.16. The first-order chi connectivity index (χ1) is 9.58. The van der Waals surface area contributed by atoms with Gasteiger partial charge in [-0.2, -0.15) is 13.2 Å². The minimum absolute atomic E-state index is 0.144. The molecule has 0 saturated heterocycles. The molecule has 2 atom stereocenters. The Labute approximate surface area is 122 Å². The molecule has 1 aromatic carbocycles. The summed E-state index contributed by atoms with van der Waals surface area (Å²) in [7, 11) is 0. The third-order valence-electron chi connectivity index (χ3n) is 3.68. The Hall–Kier alpha value is -1.56. The van der Waals surface area contributed by atoms with E-state index in [1.54, 1.807) is 6.07 Å². The summed E-state index contributed by atoms with van der Waals surface area (Å²) in [6, 6.07) is 5.17. The van der Waals surface area contributed by atoms with Crippen LogP contribution in [-0.2, 0) is 11.0 Å². The summed E-state index contributed by atoms with van der Waals surface area (Å²) in [6.45, 7) is 3.27. The molecule has 2 unspecified atom stereocenters. The Morgan fingerprint density at radius 1 is 1.38 bits per heavy atom. The molecular formula is C15H20F3NO2. The van der Waals surface area contributed by atoms with E-state index in [9.17, 15) is 18.0 Å². The monoisotopic (exact) mass is 303 g/mol. The van der Waals surface area contributed by atoms with Gasteiger partial charge in [0.25, 0.3) is 0 Å². The molecule has 3 nitrogen and oxygen atoms in total. The molecule has 0 spiro atoms. The van der Waals surface area contributed by atoms with E-state index in [2.05, 4.69) is 0 Å². The maximum atomic E-state index is 12.7. The molecule has 1 rings (SSSR count). The second-order valence-electron chi connectivity index (χ2n) is 5.49. The number of hydrogen-bond acceptors (Lipinski definition) is 2. The number of carboxylic acid groups (broad SMARTS) is 1. The van der Waals surface area contributed by atoms with Gasteiger partial charge in [0.2, 0.25) is 0 Å². The maximum Gasteiger partial charge on any atom is 0.416 e. The topological polar surface area (TPSA) is 63.3 Å². The zero-order valence-corrected chi connectivity index (χ0v) is 12.1. The zero-order chi connectivity index (χ0) is 16.3. The Morgan fingerprint density at radius 2 is 2.00 bits per heavy atom. The summed E-state index contributed by atoms with van der Waals surface area (Å²) in [5.41, 5.74) is 4.17. The van der Waals surface area contributed by atoms with Crippen LogP contribution in [0, 0.1) is 0 Å². The highest BCUT2D eigenvalue weighted by molar-refractivity contribution is 5.77. The maximum absolute atomic E-state index is 12.7. The van der Waals surface area contributed by atoms with Crippen molar-refractivity contribution in [3.63, 3.8) is 0 Å². The van der Waals surface area contributed by atoms with Crippen molar-refractivity contribution in [1.29, 1.82) is 0 Å². The molecule has 6 heteroatoms. The number of aliphatic carboxylic acids is 1. The fraction of sp³-hybridized carbons (Fsp3) is 0.533. The van der Waals surface area contributed by atoms with Gasteiger partial charge in [-0.25, -0.2) is 0 Å². The van der Waals surface area contributed by atoms with Gasteiger partial charge in [0.1, 0.15) is 5.54 Å². The second kappa shape index (κ2) is 6.47. The van der Waals surface area contributed by atoms with Crippen LogP contribution in [0.25, 0.3) is 0 Å². The first-order valence-corrected chi connectivity index (χ1v) is 6.77. The third kappa shape index (κ3) is 4.74. The van der Waals surface area contributed by atoms with Crippen molar-refractivity contribution in [2.24, 2.45) is 5.73 Å². The summed E-state index contributed by atoms with van der Waals surface area (Å²) >= 11 is 0. The number of rotatable bonds is 6. The van der Waals surface area contributed by atoms with Crippen molar-refractivity contribution in [1.82, 2.24) is 0 Å². The number of halogens is 3. The van der Waals surface area contributed by atoms with Gasteiger partial charge in [-0.1, -0.05) is 25.1 Å². The summed E-state index contributed by atoms with van der Waals surface area (Å²) in [4.78, 5) is 11.0. The molecule has 0 saturated carbocycles. The van der Waals surface area contributed by atoms with Crippen molar-refractivity contribution in [2.75, 3.05) is 0 Å². The first-order valence-electron chi connectivity index (χ1n) is 6.77. The quantitative estimate of drug-likeness (QED) is 0.840. The molecule has 0 radical (unpaired) electrons. The minimum Gasteiger partial charge on any atom is -0.480 e. The minimum atomic E-state index is -4.38. The molecule has 0 heterocycles. The lowest BCUT2D eigenvalue weighted by atomic mass is 9.86. The van der Waals surface area contributed by atoms with E-state index in [-0.39, 0.29) is 12.3 Å². The van der Waals surface area contributed by atoms with Crippen LogP contribution in [-0.4, -0.2) is 16.6 Å². The van der Waals surface area contributed by atoms with Crippen molar-refractivity contribution >= 4 is 5.97 Å². The number of nitrogens with two attached hydrogens (primary N) is 1. The average molecular weight is 303 g/mol. The number of hydrogen-bond donors (Lipinski definition) is 2. The molecule has 118 valence electrons. The van der Waals surface area contributed by atoms with Crippen molar-refractivity contribution in [3.8, 4) is 0 Å². The highest BCUT2D eigenvalue weighted by atomic mass is 19.4. The number of carbonyl (C=O) groups is 1. The predicted molar refractivity (Wildman–Crippen MR) is 73.9 cm³/mol. The van der Waals surface area contributed by atoms with Gasteiger partial charge in [-0.15, -0.1) is 0 Å². The van der Waals surface area contributed by atoms with E-state index in [1.807, 2.05) is 6.92 Å². The zero-order valence-electron chi connectivity index (χ0n) is 12.1. The third-order valence-corrected chi connectivity index (χ3v) is 3.68. The van der Waals surface area contributed by atoms with Gasteiger partial charge in [0, 0.05) is 0 Å². The first kappa shape index (κ1) is 17.5. The Morgan fingerprint density at radius 3 is 2.48 bits per heavy atom. The summed E-state index contributed by atoms with van der Waals surface area (Å²) < 4.78 is 38.2. The molecule has 21 heavy (non-hydrogen) atoms. The molecule has 0 amide bonds. The van der Waals surface area contributed by atoms with Crippen molar-refractivity contribution < 1.29 is 23.1 Å². The van der Waals surface area contributed by atoms with Crippen LogP contribution in [0.3, 0.4) is 0 Å². The lowest BCUT2D eigenvalue weighted by Crippen LogP contribution is -2.44. The van der Waals surface area contributed by atoms with E-state index in [0.717, 1.165) is 12.1 Å². The molecule has 0 fully saturated rings. The Bertz CT molecular complexity index is 498. The Balaban J connectivity index is 2.89. The van der Waals surface area contributed by atoms with Crippen LogP contribution >= 0.6 is 0 Å². The van der Waals surface area contributed by atoms with Gasteiger partial charge in [-0.05, 0) is 43.7 Å². The molecule has 0 bridgehead atoms. The summed E-state index contributed by atoms with van der Waals surface area (Å²) in [5.74, 6) is -1.25.